The van der Waals surface area contributed by atoms with Gasteiger partial charge in [0.1, 0.15) is 0 Å². The predicted octanol–water partition coefficient (Wildman–Crippen LogP) is 2.80. The summed E-state index contributed by atoms with van der Waals surface area (Å²) in [4.78, 5) is 22.6. The third-order valence-corrected chi connectivity index (χ3v) is 2.64. The number of alkyl halides is 1. The monoisotopic (exact) mass is 262 g/mol. The van der Waals surface area contributed by atoms with E-state index in [4.69, 9.17) is 11.6 Å². The summed E-state index contributed by atoms with van der Waals surface area (Å²) >= 11 is 5.41. The highest BCUT2D eigenvalue weighted by Gasteiger charge is 2.12. The van der Waals surface area contributed by atoms with Crippen molar-refractivity contribution in [2.75, 3.05) is 5.88 Å². The molecule has 4 nitrogen and oxygen atoms in total. The molecule has 0 aromatic carbocycles. The Hall–Kier alpha value is -0.770. The lowest BCUT2D eigenvalue weighted by Crippen LogP contribution is -2.44. The van der Waals surface area contributed by atoms with Crippen LogP contribution in [0.25, 0.3) is 0 Å². The molecule has 0 fully saturated rings. The zero-order valence-corrected chi connectivity index (χ0v) is 11.5. The lowest BCUT2D eigenvalue weighted by molar-refractivity contribution is -0.119. The van der Waals surface area contributed by atoms with Crippen LogP contribution in [0.15, 0.2) is 0 Å². The SMILES string of the molecule is CCCCC(CCC)NC(=O)NC(=O)CCCl. The van der Waals surface area contributed by atoms with Crippen molar-refractivity contribution in [3.63, 3.8) is 0 Å². The summed E-state index contributed by atoms with van der Waals surface area (Å²) in [6.07, 6.45) is 5.28. The smallest absolute Gasteiger partial charge is 0.321 e. The van der Waals surface area contributed by atoms with Crippen LogP contribution in [-0.4, -0.2) is 23.9 Å². The van der Waals surface area contributed by atoms with Crippen LogP contribution in [0.2, 0.25) is 0 Å². The Kier molecular flexibility index (Phi) is 9.92. The van der Waals surface area contributed by atoms with E-state index in [2.05, 4.69) is 24.5 Å². The largest absolute Gasteiger partial charge is 0.335 e. The molecule has 0 rings (SSSR count). The number of hydrogen-bond acceptors (Lipinski definition) is 2. The van der Waals surface area contributed by atoms with Crippen molar-refractivity contribution < 1.29 is 9.59 Å². The predicted molar refractivity (Wildman–Crippen MR) is 70.2 cm³/mol. The van der Waals surface area contributed by atoms with E-state index >= 15 is 0 Å². The van der Waals surface area contributed by atoms with Gasteiger partial charge in [-0.2, -0.15) is 0 Å². The van der Waals surface area contributed by atoms with E-state index in [1.54, 1.807) is 0 Å². The van der Waals surface area contributed by atoms with Gasteiger partial charge >= 0.3 is 6.03 Å². The summed E-state index contributed by atoms with van der Waals surface area (Å²) in [7, 11) is 0. The maximum absolute atomic E-state index is 11.5. The molecule has 0 aliphatic rings. The third-order valence-electron chi connectivity index (χ3n) is 2.45. The number of carbonyl (C=O) groups is 2. The minimum absolute atomic E-state index is 0.156. The fourth-order valence-corrected chi connectivity index (χ4v) is 1.76. The van der Waals surface area contributed by atoms with Gasteiger partial charge in [-0.1, -0.05) is 33.1 Å². The molecular weight excluding hydrogens is 240 g/mol. The Morgan fingerprint density at radius 3 is 2.41 bits per heavy atom. The molecule has 0 aromatic rings. The molecule has 1 unspecified atom stereocenters. The van der Waals surface area contributed by atoms with Gasteiger partial charge in [0.25, 0.3) is 0 Å². The number of hydrogen-bond donors (Lipinski definition) is 2. The van der Waals surface area contributed by atoms with Gasteiger partial charge in [0, 0.05) is 18.3 Å². The molecule has 0 bridgehead atoms. The van der Waals surface area contributed by atoms with Gasteiger partial charge in [-0.15, -0.1) is 11.6 Å². The number of rotatable bonds is 8. The number of halogens is 1. The summed E-state index contributed by atoms with van der Waals surface area (Å²) in [6.45, 7) is 4.20. The first kappa shape index (κ1) is 16.2. The normalized spacial score (nSPS) is 11.9. The Balaban J connectivity index is 3.97. The molecule has 0 saturated carbocycles. The molecule has 0 heterocycles. The van der Waals surface area contributed by atoms with Gasteiger partial charge in [0.05, 0.1) is 0 Å². The van der Waals surface area contributed by atoms with Crippen molar-refractivity contribution in [2.45, 2.75) is 58.4 Å². The van der Waals surface area contributed by atoms with Crippen LogP contribution in [0, 0.1) is 0 Å². The lowest BCUT2D eigenvalue weighted by Gasteiger charge is -2.17. The van der Waals surface area contributed by atoms with Crippen molar-refractivity contribution in [3.05, 3.63) is 0 Å². The zero-order valence-electron chi connectivity index (χ0n) is 10.7. The molecule has 100 valence electrons. The summed E-state index contributed by atoms with van der Waals surface area (Å²) in [5.41, 5.74) is 0. The highest BCUT2D eigenvalue weighted by molar-refractivity contribution is 6.19. The van der Waals surface area contributed by atoms with E-state index < -0.39 is 6.03 Å². The van der Waals surface area contributed by atoms with E-state index in [0.717, 1.165) is 32.1 Å². The molecule has 2 N–H and O–H groups in total. The summed E-state index contributed by atoms with van der Waals surface area (Å²) in [6, 6.07) is -0.251. The number of unbranched alkanes of at least 4 members (excludes halogenated alkanes) is 1. The quantitative estimate of drug-likeness (QED) is 0.661. The molecular formula is C12H23ClN2O2. The van der Waals surface area contributed by atoms with Gasteiger partial charge in [-0.05, 0) is 12.8 Å². The number of imide groups is 1. The van der Waals surface area contributed by atoms with E-state index in [-0.39, 0.29) is 24.2 Å². The number of amides is 3. The minimum Gasteiger partial charge on any atom is -0.335 e. The maximum Gasteiger partial charge on any atom is 0.321 e. The third kappa shape index (κ3) is 8.98. The topological polar surface area (TPSA) is 58.2 Å². The fraction of sp³-hybridized carbons (Fsp3) is 0.833. The number of urea groups is 1. The van der Waals surface area contributed by atoms with Crippen LogP contribution < -0.4 is 10.6 Å². The Labute approximate surface area is 108 Å². The maximum atomic E-state index is 11.5. The van der Waals surface area contributed by atoms with Gasteiger partial charge in [0.15, 0.2) is 0 Å². The van der Waals surface area contributed by atoms with Crippen molar-refractivity contribution in [2.24, 2.45) is 0 Å². The Morgan fingerprint density at radius 2 is 1.88 bits per heavy atom. The first-order chi connectivity index (χ1) is 8.13. The average Bonchev–Trinajstić information content (AvgIpc) is 2.26. The highest BCUT2D eigenvalue weighted by atomic mass is 35.5. The van der Waals surface area contributed by atoms with Crippen LogP contribution in [0.4, 0.5) is 4.79 Å². The van der Waals surface area contributed by atoms with E-state index in [1.165, 1.54) is 0 Å². The first-order valence-electron chi connectivity index (χ1n) is 6.30. The molecule has 3 amide bonds. The van der Waals surface area contributed by atoms with Crippen molar-refractivity contribution in [1.82, 2.24) is 10.6 Å². The summed E-state index contributed by atoms with van der Waals surface area (Å²) < 4.78 is 0. The van der Waals surface area contributed by atoms with Gasteiger partial charge in [-0.25, -0.2) is 4.79 Å². The minimum atomic E-state index is -0.408. The van der Waals surface area contributed by atoms with Crippen LogP contribution in [0.5, 0.6) is 0 Å². The number of nitrogens with one attached hydrogen (secondary N) is 2. The van der Waals surface area contributed by atoms with Crippen molar-refractivity contribution in [1.29, 1.82) is 0 Å². The van der Waals surface area contributed by atoms with E-state index in [1.807, 2.05) is 0 Å². The summed E-state index contributed by atoms with van der Waals surface area (Å²) in [5.74, 6) is -0.101. The van der Waals surface area contributed by atoms with Crippen molar-refractivity contribution in [3.8, 4) is 0 Å². The fourth-order valence-electron chi connectivity index (χ4n) is 1.58. The molecule has 0 aromatic heterocycles. The Bertz CT molecular complexity index is 235. The van der Waals surface area contributed by atoms with Crippen LogP contribution >= 0.6 is 11.6 Å². The Morgan fingerprint density at radius 1 is 1.18 bits per heavy atom. The van der Waals surface area contributed by atoms with Crippen LogP contribution in [0.1, 0.15) is 52.4 Å². The molecule has 5 heteroatoms. The van der Waals surface area contributed by atoms with Crippen LogP contribution in [-0.2, 0) is 4.79 Å². The summed E-state index contributed by atoms with van der Waals surface area (Å²) in [5, 5.41) is 5.10. The lowest BCUT2D eigenvalue weighted by atomic mass is 10.1. The molecule has 0 radical (unpaired) electrons. The van der Waals surface area contributed by atoms with Crippen molar-refractivity contribution >= 4 is 23.5 Å². The van der Waals surface area contributed by atoms with E-state index in [9.17, 15) is 9.59 Å². The molecule has 1 atom stereocenters. The van der Waals surface area contributed by atoms with Gasteiger partial charge in [0.2, 0.25) is 5.91 Å². The molecule has 0 aliphatic carbocycles. The number of carbonyl (C=O) groups excluding carboxylic acids is 2. The zero-order chi connectivity index (χ0) is 13.1. The second-order valence-corrected chi connectivity index (χ2v) is 4.47. The second-order valence-electron chi connectivity index (χ2n) is 4.09. The molecule has 0 saturated heterocycles. The standard InChI is InChI=1S/C12H23ClN2O2/c1-3-5-7-10(6-4-2)14-12(17)15-11(16)8-9-13/h10H,3-9H2,1-2H3,(H2,14,15,16,17). The van der Waals surface area contributed by atoms with Crippen LogP contribution in [0.3, 0.4) is 0 Å². The average molecular weight is 263 g/mol. The molecule has 0 spiro atoms. The van der Waals surface area contributed by atoms with E-state index in [0.29, 0.717) is 0 Å². The van der Waals surface area contributed by atoms with Gasteiger partial charge in [-0.3, -0.25) is 10.1 Å². The van der Waals surface area contributed by atoms with Gasteiger partial charge < -0.3 is 5.32 Å². The highest BCUT2D eigenvalue weighted by Crippen LogP contribution is 2.06. The molecule has 0 aliphatic heterocycles. The molecule has 17 heavy (non-hydrogen) atoms. The first-order valence-corrected chi connectivity index (χ1v) is 6.83. The second kappa shape index (κ2) is 10.4.